The topological polar surface area (TPSA) is 36.4 Å². The molecule has 0 N–H and O–H groups in total. The number of piperidine rings is 1. The summed E-state index contributed by atoms with van der Waals surface area (Å²) in [6, 6.07) is 4.96. The molecule has 1 amide bonds. The summed E-state index contributed by atoms with van der Waals surface area (Å²) in [6.45, 7) is 6.45. The molecule has 0 saturated carbocycles. The molecule has 2 aliphatic rings. The van der Waals surface area contributed by atoms with E-state index in [1.165, 1.54) is 5.56 Å². The number of fused-ring (bicyclic) bond motifs is 1. The van der Waals surface area contributed by atoms with Gasteiger partial charge in [0.05, 0.1) is 0 Å². The fraction of sp³-hybridized carbons (Fsp3) is 0.500. The van der Waals surface area contributed by atoms with Crippen LogP contribution in [0.2, 0.25) is 0 Å². The molecule has 3 rings (SSSR count). The lowest BCUT2D eigenvalue weighted by Gasteiger charge is -2.39. The van der Waals surface area contributed by atoms with Crippen molar-refractivity contribution in [3.05, 3.63) is 42.7 Å². The second kappa shape index (κ2) is 5.75. The highest BCUT2D eigenvalue weighted by atomic mass is 16.2. The van der Waals surface area contributed by atoms with Crippen molar-refractivity contribution < 1.29 is 4.79 Å². The third kappa shape index (κ3) is 2.48. The first-order valence-electron chi connectivity index (χ1n) is 7.33. The van der Waals surface area contributed by atoms with E-state index in [4.69, 9.17) is 0 Å². The number of pyridine rings is 1. The molecular weight excluding hydrogens is 250 g/mol. The number of rotatable bonds is 4. The minimum absolute atomic E-state index is 0.286. The average Bonchev–Trinajstić information content (AvgIpc) is 2.86. The first-order valence-corrected chi connectivity index (χ1v) is 7.33. The van der Waals surface area contributed by atoms with Crippen LogP contribution in [0.25, 0.3) is 0 Å². The van der Waals surface area contributed by atoms with Gasteiger partial charge in [0.2, 0.25) is 5.91 Å². The van der Waals surface area contributed by atoms with Crippen molar-refractivity contribution in [2.24, 2.45) is 0 Å². The molecule has 1 aromatic rings. The largest absolute Gasteiger partial charge is 0.334 e. The van der Waals surface area contributed by atoms with Gasteiger partial charge in [-0.2, -0.15) is 0 Å². The highest BCUT2D eigenvalue weighted by molar-refractivity contribution is 5.78. The third-order valence-corrected chi connectivity index (χ3v) is 4.43. The molecule has 0 aromatic carbocycles. The minimum atomic E-state index is 0.286. The summed E-state index contributed by atoms with van der Waals surface area (Å²) >= 11 is 0. The van der Waals surface area contributed by atoms with Crippen LogP contribution in [0.4, 0.5) is 0 Å². The van der Waals surface area contributed by atoms with Gasteiger partial charge in [0, 0.05) is 50.5 Å². The number of hydrogen-bond acceptors (Lipinski definition) is 3. The molecular formula is C16H21N3O. The van der Waals surface area contributed by atoms with Crippen molar-refractivity contribution in [3.8, 4) is 0 Å². The predicted molar refractivity (Wildman–Crippen MR) is 78.0 cm³/mol. The minimum Gasteiger partial charge on any atom is -0.334 e. The van der Waals surface area contributed by atoms with E-state index in [-0.39, 0.29) is 5.91 Å². The SMILES string of the molecule is C=CCN1C(=O)CC[C@@H]2[C@H]1CCN2Cc1cccnc1. The zero-order valence-corrected chi connectivity index (χ0v) is 11.7. The van der Waals surface area contributed by atoms with Crippen LogP contribution >= 0.6 is 0 Å². The van der Waals surface area contributed by atoms with Crippen LogP contribution in [0.3, 0.4) is 0 Å². The second-order valence-electron chi connectivity index (χ2n) is 5.63. The number of nitrogens with zero attached hydrogens (tertiary/aromatic N) is 3. The zero-order valence-electron chi connectivity index (χ0n) is 11.7. The molecule has 20 heavy (non-hydrogen) atoms. The summed E-state index contributed by atoms with van der Waals surface area (Å²) in [7, 11) is 0. The van der Waals surface area contributed by atoms with Gasteiger partial charge in [-0.05, 0) is 24.5 Å². The summed E-state index contributed by atoms with van der Waals surface area (Å²) in [5, 5.41) is 0. The van der Waals surface area contributed by atoms with E-state index in [1.54, 1.807) is 6.20 Å². The Morgan fingerprint density at radius 1 is 1.40 bits per heavy atom. The smallest absolute Gasteiger partial charge is 0.223 e. The Kier molecular flexibility index (Phi) is 3.83. The molecule has 0 spiro atoms. The van der Waals surface area contributed by atoms with E-state index >= 15 is 0 Å². The number of hydrogen-bond donors (Lipinski definition) is 0. The lowest BCUT2D eigenvalue weighted by atomic mass is 9.96. The zero-order chi connectivity index (χ0) is 13.9. The Morgan fingerprint density at radius 3 is 3.05 bits per heavy atom. The number of likely N-dealkylation sites (tertiary alicyclic amines) is 2. The van der Waals surface area contributed by atoms with Crippen LogP contribution in [0.5, 0.6) is 0 Å². The highest BCUT2D eigenvalue weighted by Gasteiger charge is 2.42. The van der Waals surface area contributed by atoms with Crippen molar-refractivity contribution in [1.82, 2.24) is 14.8 Å². The summed E-state index contributed by atoms with van der Waals surface area (Å²) < 4.78 is 0. The monoisotopic (exact) mass is 271 g/mol. The molecule has 3 heterocycles. The van der Waals surface area contributed by atoms with E-state index in [0.29, 0.717) is 25.0 Å². The molecule has 0 radical (unpaired) electrons. The molecule has 2 saturated heterocycles. The molecule has 0 aliphatic carbocycles. The van der Waals surface area contributed by atoms with Crippen molar-refractivity contribution in [2.75, 3.05) is 13.1 Å². The van der Waals surface area contributed by atoms with Gasteiger partial charge in [0.15, 0.2) is 0 Å². The molecule has 1 aromatic heterocycles. The molecule has 2 atom stereocenters. The Morgan fingerprint density at radius 2 is 2.30 bits per heavy atom. The molecule has 106 valence electrons. The van der Waals surface area contributed by atoms with Gasteiger partial charge < -0.3 is 4.90 Å². The van der Waals surface area contributed by atoms with Crippen LogP contribution in [-0.2, 0) is 11.3 Å². The van der Waals surface area contributed by atoms with Gasteiger partial charge in [-0.1, -0.05) is 12.1 Å². The summed E-state index contributed by atoms with van der Waals surface area (Å²) in [6.07, 6.45) is 8.30. The Balaban J connectivity index is 1.71. The van der Waals surface area contributed by atoms with Gasteiger partial charge >= 0.3 is 0 Å². The lowest BCUT2D eigenvalue weighted by Crippen LogP contribution is -2.52. The fourth-order valence-electron chi connectivity index (χ4n) is 3.54. The molecule has 2 fully saturated rings. The van der Waals surface area contributed by atoms with Crippen molar-refractivity contribution in [3.63, 3.8) is 0 Å². The first kappa shape index (κ1) is 13.3. The molecule has 4 nitrogen and oxygen atoms in total. The third-order valence-electron chi connectivity index (χ3n) is 4.43. The van der Waals surface area contributed by atoms with Crippen LogP contribution < -0.4 is 0 Å². The second-order valence-corrected chi connectivity index (χ2v) is 5.63. The standard InChI is InChI=1S/C16H21N3O/c1-2-9-19-15-7-10-18(14(15)5-6-16(19)20)12-13-4-3-8-17-11-13/h2-4,8,11,14-15H,1,5-7,9-10,12H2/t14-,15-/m1/s1. The maximum atomic E-state index is 12.0. The quantitative estimate of drug-likeness (QED) is 0.784. The lowest BCUT2D eigenvalue weighted by molar-refractivity contribution is -0.136. The van der Waals surface area contributed by atoms with Crippen molar-refractivity contribution in [2.45, 2.75) is 37.9 Å². The summed E-state index contributed by atoms with van der Waals surface area (Å²) in [4.78, 5) is 20.7. The van der Waals surface area contributed by atoms with Gasteiger partial charge in [-0.3, -0.25) is 14.7 Å². The highest BCUT2D eigenvalue weighted by Crippen LogP contribution is 2.32. The van der Waals surface area contributed by atoms with E-state index in [9.17, 15) is 4.79 Å². The van der Waals surface area contributed by atoms with Crippen molar-refractivity contribution in [1.29, 1.82) is 0 Å². The van der Waals surface area contributed by atoms with Crippen molar-refractivity contribution >= 4 is 5.91 Å². The van der Waals surface area contributed by atoms with Gasteiger partial charge in [-0.15, -0.1) is 6.58 Å². The summed E-state index contributed by atoms with van der Waals surface area (Å²) in [5.74, 6) is 0.286. The Hall–Kier alpha value is -1.68. The van der Waals surface area contributed by atoms with Crippen LogP contribution in [0, 0.1) is 0 Å². The molecule has 0 unspecified atom stereocenters. The van der Waals surface area contributed by atoms with E-state index in [0.717, 1.165) is 25.9 Å². The van der Waals surface area contributed by atoms with E-state index < -0.39 is 0 Å². The van der Waals surface area contributed by atoms with Gasteiger partial charge in [0.1, 0.15) is 0 Å². The molecule has 2 aliphatic heterocycles. The van der Waals surface area contributed by atoms with Gasteiger partial charge in [0.25, 0.3) is 0 Å². The number of carbonyl (C=O) groups is 1. The van der Waals surface area contributed by atoms with Crippen LogP contribution in [-0.4, -0.2) is 45.9 Å². The first-order chi connectivity index (χ1) is 9.79. The van der Waals surface area contributed by atoms with E-state index in [2.05, 4.69) is 22.5 Å². The molecule has 4 heteroatoms. The Bertz CT molecular complexity index is 488. The van der Waals surface area contributed by atoms with Crippen LogP contribution in [0.1, 0.15) is 24.8 Å². The maximum absolute atomic E-state index is 12.0. The fourth-order valence-corrected chi connectivity index (χ4v) is 3.54. The number of amides is 1. The Labute approximate surface area is 120 Å². The summed E-state index contributed by atoms with van der Waals surface area (Å²) in [5.41, 5.74) is 1.25. The maximum Gasteiger partial charge on any atom is 0.223 e. The van der Waals surface area contributed by atoms with Crippen LogP contribution in [0.15, 0.2) is 37.2 Å². The molecule has 0 bridgehead atoms. The normalized spacial score (nSPS) is 26.6. The predicted octanol–water partition coefficient (Wildman–Crippen LogP) is 1.83. The number of carbonyl (C=O) groups excluding carboxylic acids is 1. The van der Waals surface area contributed by atoms with Gasteiger partial charge in [-0.25, -0.2) is 0 Å². The number of aromatic nitrogens is 1. The van der Waals surface area contributed by atoms with E-state index in [1.807, 2.05) is 23.2 Å². The average molecular weight is 271 g/mol.